The Morgan fingerprint density at radius 3 is 2.53 bits per heavy atom. The van der Waals surface area contributed by atoms with E-state index in [1.54, 1.807) is 30.3 Å². The number of hydrogen-bond donors (Lipinski definition) is 1. The highest BCUT2D eigenvalue weighted by molar-refractivity contribution is 8.00. The van der Waals surface area contributed by atoms with E-state index in [2.05, 4.69) is 10.2 Å². The van der Waals surface area contributed by atoms with Crippen molar-refractivity contribution in [1.82, 2.24) is 14.8 Å². The number of fused-ring (bicyclic) bond motifs is 3. The van der Waals surface area contributed by atoms with Crippen LogP contribution in [0.2, 0.25) is 10.0 Å². The minimum atomic E-state index is -4.79. The van der Waals surface area contributed by atoms with Crippen LogP contribution >= 0.6 is 35.0 Å². The van der Waals surface area contributed by atoms with Gasteiger partial charge in [-0.3, -0.25) is 9.36 Å². The van der Waals surface area contributed by atoms with Crippen molar-refractivity contribution in [3.8, 4) is 5.69 Å². The molecule has 2 unspecified atom stereocenters. The van der Waals surface area contributed by atoms with Crippen molar-refractivity contribution in [1.29, 1.82) is 0 Å². The van der Waals surface area contributed by atoms with Gasteiger partial charge in [-0.05, 0) is 35.4 Å². The number of aromatic nitrogens is 3. The van der Waals surface area contributed by atoms with Crippen LogP contribution in [0.3, 0.4) is 0 Å². The summed E-state index contributed by atoms with van der Waals surface area (Å²) in [6, 6.07) is 11.4. The maximum Gasteiger partial charge on any atom is 0.452 e. The number of benzene rings is 2. The third kappa shape index (κ3) is 3.77. The summed E-state index contributed by atoms with van der Waals surface area (Å²) >= 11 is 13.7. The summed E-state index contributed by atoms with van der Waals surface area (Å²) < 4.78 is 42.0. The average Bonchev–Trinajstić information content (AvgIpc) is 3.06. The first-order valence-electron chi connectivity index (χ1n) is 8.61. The van der Waals surface area contributed by atoms with E-state index in [9.17, 15) is 23.1 Å². The number of alkyl halides is 3. The molecule has 4 rings (SSSR count). The highest BCUT2D eigenvalue weighted by atomic mass is 35.5. The van der Waals surface area contributed by atoms with Gasteiger partial charge in [0.25, 0.3) is 0 Å². The second-order valence-electron chi connectivity index (χ2n) is 6.54. The van der Waals surface area contributed by atoms with E-state index < -0.39 is 34.9 Å². The first-order valence-corrected chi connectivity index (χ1v) is 10.3. The predicted molar refractivity (Wildman–Crippen MR) is 107 cm³/mol. The van der Waals surface area contributed by atoms with Gasteiger partial charge in [-0.1, -0.05) is 41.4 Å². The third-order valence-electron chi connectivity index (χ3n) is 4.59. The number of halogens is 5. The Morgan fingerprint density at radius 2 is 1.87 bits per heavy atom. The number of carboxylic acids is 1. The van der Waals surface area contributed by atoms with Crippen LogP contribution in [0.4, 0.5) is 13.2 Å². The first kappa shape index (κ1) is 21.0. The number of carbonyl (C=O) groups is 1. The fraction of sp³-hybridized carbons (Fsp3) is 0.211. The highest BCUT2D eigenvalue weighted by Gasteiger charge is 2.43. The van der Waals surface area contributed by atoms with Crippen molar-refractivity contribution in [3.05, 3.63) is 75.3 Å². The fourth-order valence-corrected chi connectivity index (χ4v) is 5.41. The zero-order valence-electron chi connectivity index (χ0n) is 14.9. The lowest BCUT2D eigenvalue weighted by Gasteiger charge is -2.21. The number of aliphatic carboxylic acids is 1. The van der Waals surface area contributed by atoms with Crippen molar-refractivity contribution in [2.75, 3.05) is 0 Å². The minimum Gasteiger partial charge on any atom is -0.481 e. The molecule has 2 atom stereocenters. The molecule has 0 saturated heterocycles. The molecule has 2 heterocycles. The summed E-state index contributed by atoms with van der Waals surface area (Å²) in [4.78, 5) is 11.5. The van der Waals surface area contributed by atoms with E-state index in [-0.39, 0.29) is 11.5 Å². The van der Waals surface area contributed by atoms with Gasteiger partial charge in [0.05, 0.1) is 22.6 Å². The fourth-order valence-electron chi connectivity index (χ4n) is 3.39. The Balaban J connectivity index is 2.03. The molecule has 0 aliphatic carbocycles. The van der Waals surface area contributed by atoms with E-state index in [1.807, 2.05) is 0 Å². The Labute approximate surface area is 182 Å². The summed E-state index contributed by atoms with van der Waals surface area (Å²) in [5.41, 5.74) is 1.27. The molecule has 1 aliphatic heterocycles. The van der Waals surface area contributed by atoms with E-state index >= 15 is 0 Å². The molecular formula is C19H12Cl2F3N3O2S. The molecule has 0 radical (unpaired) electrons. The van der Waals surface area contributed by atoms with Gasteiger partial charge < -0.3 is 5.11 Å². The monoisotopic (exact) mass is 473 g/mol. The van der Waals surface area contributed by atoms with Crippen LogP contribution in [0.1, 0.15) is 39.7 Å². The number of nitrogens with zero attached hydrogens (tertiary/aromatic N) is 3. The van der Waals surface area contributed by atoms with Crippen LogP contribution in [-0.2, 0) is 11.0 Å². The molecule has 156 valence electrons. The average molecular weight is 474 g/mol. The summed E-state index contributed by atoms with van der Waals surface area (Å²) in [7, 11) is 0. The van der Waals surface area contributed by atoms with Crippen molar-refractivity contribution in [2.45, 2.75) is 23.1 Å². The van der Waals surface area contributed by atoms with Gasteiger partial charge in [-0.15, -0.1) is 22.0 Å². The van der Waals surface area contributed by atoms with E-state index in [0.717, 1.165) is 16.3 Å². The van der Waals surface area contributed by atoms with Crippen LogP contribution in [0.15, 0.2) is 42.5 Å². The SMILES string of the molecule is O=C(O)CC1SC(c2ccccc2Cl)c2cc(Cl)ccc2-n2c1nnc2C(F)(F)F. The Kier molecular flexibility index (Phi) is 5.46. The maximum absolute atomic E-state index is 13.7. The molecule has 1 aromatic heterocycles. The van der Waals surface area contributed by atoms with Gasteiger partial charge in [-0.25, -0.2) is 0 Å². The largest absolute Gasteiger partial charge is 0.481 e. The Bertz CT molecular complexity index is 1140. The van der Waals surface area contributed by atoms with Crippen LogP contribution < -0.4 is 0 Å². The zero-order chi connectivity index (χ0) is 21.6. The first-order chi connectivity index (χ1) is 14.2. The summed E-state index contributed by atoms with van der Waals surface area (Å²) in [6.07, 6.45) is -5.23. The molecule has 2 aromatic carbocycles. The molecule has 30 heavy (non-hydrogen) atoms. The lowest BCUT2D eigenvalue weighted by atomic mass is 10.0. The molecule has 11 heteroatoms. The molecule has 0 bridgehead atoms. The third-order valence-corrected chi connectivity index (χ3v) is 6.66. The molecule has 0 saturated carbocycles. The maximum atomic E-state index is 13.7. The second kappa shape index (κ2) is 7.79. The van der Waals surface area contributed by atoms with Gasteiger partial charge in [-0.2, -0.15) is 13.2 Å². The minimum absolute atomic E-state index is 0.0900. The topological polar surface area (TPSA) is 68.0 Å². The van der Waals surface area contributed by atoms with Crippen LogP contribution in [0.25, 0.3) is 5.69 Å². The lowest BCUT2D eigenvalue weighted by Crippen LogP contribution is -2.16. The summed E-state index contributed by atoms with van der Waals surface area (Å²) in [5.74, 6) is -2.48. The van der Waals surface area contributed by atoms with E-state index in [1.165, 1.54) is 12.1 Å². The Hall–Kier alpha value is -2.23. The molecule has 1 aliphatic rings. The second-order valence-corrected chi connectivity index (χ2v) is 8.70. The van der Waals surface area contributed by atoms with E-state index in [4.69, 9.17) is 23.2 Å². The van der Waals surface area contributed by atoms with Crippen molar-refractivity contribution >= 4 is 40.9 Å². The normalized spacial score (nSPS) is 18.4. The quantitative estimate of drug-likeness (QED) is 0.509. The number of rotatable bonds is 3. The molecule has 3 aromatic rings. The molecule has 1 N–H and O–H groups in total. The van der Waals surface area contributed by atoms with Gasteiger partial charge in [0.2, 0.25) is 5.82 Å². The van der Waals surface area contributed by atoms with Crippen LogP contribution in [0, 0.1) is 0 Å². The van der Waals surface area contributed by atoms with Crippen LogP contribution in [-0.4, -0.2) is 25.8 Å². The highest BCUT2D eigenvalue weighted by Crippen LogP contribution is 2.52. The predicted octanol–water partition coefficient (Wildman–Crippen LogP) is 5.94. The van der Waals surface area contributed by atoms with Crippen molar-refractivity contribution in [3.63, 3.8) is 0 Å². The van der Waals surface area contributed by atoms with Gasteiger partial charge >= 0.3 is 12.1 Å². The summed E-state index contributed by atoms with van der Waals surface area (Å²) in [6.45, 7) is 0. The summed E-state index contributed by atoms with van der Waals surface area (Å²) in [5, 5.41) is 15.7. The number of hydrogen-bond acceptors (Lipinski definition) is 4. The molecule has 0 amide bonds. The molecule has 5 nitrogen and oxygen atoms in total. The van der Waals surface area contributed by atoms with E-state index in [0.29, 0.717) is 21.2 Å². The van der Waals surface area contributed by atoms with Crippen molar-refractivity contribution < 1.29 is 23.1 Å². The molecular weight excluding hydrogens is 462 g/mol. The standard InChI is InChI=1S/C19H12Cl2F3N3O2S/c20-9-5-6-13-11(7-9)16(10-3-1-2-4-12(10)21)30-14(8-15(28)29)17-25-26-18(27(13)17)19(22,23)24/h1-7,14,16H,8H2,(H,28,29). The van der Waals surface area contributed by atoms with Gasteiger partial charge in [0, 0.05) is 10.0 Å². The Morgan fingerprint density at radius 1 is 1.13 bits per heavy atom. The van der Waals surface area contributed by atoms with Crippen molar-refractivity contribution in [2.24, 2.45) is 0 Å². The zero-order valence-corrected chi connectivity index (χ0v) is 17.2. The lowest BCUT2D eigenvalue weighted by molar-refractivity contribution is -0.146. The molecule has 0 fully saturated rings. The number of carboxylic acid groups (broad SMARTS) is 1. The van der Waals surface area contributed by atoms with Gasteiger partial charge in [0.15, 0.2) is 5.82 Å². The number of thioether (sulfide) groups is 1. The smallest absolute Gasteiger partial charge is 0.452 e. The van der Waals surface area contributed by atoms with Gasteiger partial charge in [0.1, 0.15) is 0 Å². The molecule has 0 spiro atoms. The van der Waals surface area contributed by atoms with Crippen LogP contribution in [0.5, 0.6) is 0 Å².